The molecule has 1 aromatic rings. The first-order valence-electron chi connectivity index (χ1n) is 5.77. The van der Waals surface area contributed by atoms with Crippen molar-refractivity contribution in [1.29, 1.82) is 0 Å². The van der Waals surface area contributed by atoms with Gasteiger partial charge in [-0.25, -0.2) is 4.98 Å². The van der Waals surface area contributed by atoms with E-state index in [1.165, 1.54) is 0 Å². The number of halogens is 2. The number of pyridine rings is 1. The molecule has 1 amide bonds. The molecule has 0 bridgehead atoms. The molecule has 1 aliphatic rings. The van der Waals surface area contributed by atoms with Crippen LogP contribution in [0.15, 0.2) is 18.3 Å². The number of nitrogens with one attached hydrogen (secondary N) is 2. The lowest BCUT2D eigenvalue weighted by Gasteiger charge is -2.23. The first-order chi connectivity index (χ1) is 8.24. The van der Waals surface area contributed by atoms with Gasteiger partial charge in [-0.1, -0.05) is 6.07 Å². The SMILES string of the molecule is Cc1ccc(NC(=O)CC2COCCN2)nc1.Cl.Cl. The molecule has 0 aliphatic carbocycles. The van der Waals surface area contributed by atoms with Gasteiger partial charge in [0, 0.05) is 25.2 Å². The van der Waals surface area contributed by atoms with Crippen molar-refractivity contribution in [2.45, 2.75) is 19.4 Å². The van der Waals surface area contributed by atoms with Crippen LogP contribution in [0.4, 0.5) is 5.82 Å². The third kappa shape index (κ3) is 6.20. The molecule has 2 heterocycles. The van der Waals surface area contributed by atoms with Crippen molar-refractivity contribution in [1.82, 2.24) is 10.3 Å². The molecule has 1 saturated heterocycles. The third-order valence-electron chi connectivity index (χ3n) is 2.61. The third-order valence-corrected chi connectivity index (χ3v) is 2.61. The summed E-state index contributed by atoms with van der Waals surface area (Å²) in [5.74, 6) is 0.557. The number of aromatic nitrogens is 1. The van der Waals surface area contributed by atoms with E-state index in [2.05, 4.69) is 15.6 Å². The predicted octanol–water partition coefficient (Wildman–Crippen LogP) is 1.55. The van der Waals surface area contributed by atoms with Crippen molar-refractivity contribution in [3.05, 3.63) is 23.9 Å². The van der Waals surface area contributed by atoms with Gasteiger partial charge in [0.15, 0.2) is 0 Å². The standard InChI is InChI=1S/C12H17N3O2.2ClH/c1-9-2-3-11(14-7-9)15-12(16)6-10-8-17-5-4-13-10;;/h2-3,7,10,13H,4-6,8H2,1H3,(H,14,15,16);2*1H. The number of anilines is 1. The second-order valence-corrected chi connectivity index (χ2v) is 4.20. The van der Waals surface area contributed by atoms with Crippen LogP contribution < -0.4 is 10.6 Å². The van der Waals surface area contributed by atoms with Crippen LogP contribution in [0.3, 0.4) is 0 Å². The predicted molar refractivity (Wildman–Crippen MR) is 79.3 cm³/mol. The van der Waals surface area contributed by atoms with Crippen molar-refractivity contribution in [2.75, 3.05) is 25.1 Å². The van der Waals surface area contributed by atoms with Gasteiger partial charge in [0.2, 0.25) is 5.91 Å². The van der Waals surface area contributed by atoms with Gasteiger partial charge < -0.3 is 15.4 Å². The highest BCUT2D eigenvalue weighted by atomic mass is 35.5. The Labute approximate surface area is 125 Å². The number of carbonyl (C=O) groups excluding carboxylic acids is 1. The first kappa shape index (κ1) is 18.1. The normalized spacial score (nSPS) is 17.8. The van der Waals surface area contributed by atoms with Crippen LogP contribution in [0.5, 0.6) is 0 Å². The number of hydrogen-bond donors (Lipinski definition) is 2. The molecule has 0 radical (unpaired) electrons. The van der Waals surface area contributed by atoms with Crippen LogP contribution in [-0.2, 0) is 9.53 Å². The zero-order valence-corrected chi connectivity index (χ0v) is 12.4. The van der Waals surface area contributed by atoms with E-state index in [-0.39, 0.29) is 36.8 Å². The summed E-state index contributed by atoms with van der Waals surface area (Å²) in [6, 6.07) is 3.83. The van der Waals surface area contributed by atoms with Gasteiger partial charge in [-0.3, -0.25) is 4.79 Å². The molecule has 0 saturated carbocycles. The van der Waals surface area contributed by atoms with Crippen LogP contribution in [0.1, 0.15) is 12.0 Å². The molecule has 1 aliphatic heterocycles. The Morgan fingerprint density at radius 1 is 1.53 bits per heavy atom. The number of nitrogens with zero attached hydrogens (tertiary/aromatic N) is 1. The van der Waals surface area contributed by atoms with E-state index in [0.29, 0.717) is 18.8 Å². The lowest BCUT2D eigenvalue weighted by molar-refractivity contribution is -0.117. The highest BCUT2D eigenvalue weighted by Crippen LogP contribution is 2.06. The molecule has 7 heteroatoms. The summed E-state index contributed by atoms with van der Waals surface area (Å²) in [5, 5.41) is 6.01. The second kappa shape index (κ2) is 9.09. The number of morpholine rings is 1. The maximum absolute atomic E-state index is 11.7. The lowest BCUT2D eigenvalue weighted by Crippen LogP contribution is -2.43. The average molecular weight is 308 g/mol. The molecule has 19 heavy (non-hydrogen) atoms. The number of carbonyl (C=O) groups is 1. The summed E-state index contributed by atoms with van der Waals surface area (Å²) < 4.78 is 5.29. The summed E-state index contributed by atoms with van der Waals surface area (Å²) in [7, 11) is 0. The van der Waals surface area contributed by atoms with Crippen molar-refractivity contribution in [3.63, 3.8) is 0 Å². The summed E-state index contributed by atoms with van der Waals surface area (Å²) in [4.78, 5) is 15.8. The fraction of sp³-hybridized carbons (Fsp3) is 0.500. The molecule has 2 N–H and O–H groups in total. The van der Waals surface area contributed by atoms with E-state index in [9.17, 15) is 4.79 Å². The summed E-state index contributed by atoms with van der Waals surface area (Å²) in [6.07, 6.45) is 2.15. The highest BCUT2D eigenvalue weighted by molar-refractivity contribution is 5.90. The maximum Gasteiger partial charge on any atom is 0.227 e. The van der Waals surface area contributed by atoms with Crippen LogP contribution in [0, 0.1) is 6.92 Å². The van der Waals surface area contributed by atoms with Gasteiger partial charge in [0.05, 0.1) is 13.2 Å². The Bertz CT molecular complexity index is 381. The second-order valence-electron chi connectivity index (χ2n) is 4.20. The van der Waals surface area contributed by atoms with E-state index in [0.717, 1.165) is 18.7 Å². The Kier molecular flexibility index (Phi) is 8.67. The van der Waals surface area contributed by atoms with Crippen LogP contribution >= 0.6 is 24.8 Å². The van der Waals surface area contributed by atoms with Crippen LogP contribution in [-0.4, -0.2) is 36.7 Å². The Morgan fingerprint density at radius 2 is 2.32 bits per heavy atom. The van der Waals surface area contributed by atoms with Crippen LogP contribution in [0.25, 0.3) is 0 Å². The van der Waals surface area contributed by atoms with Crippen molar-refractivity contribution in [3.8, 4) is 0 Å². The fourth-order valence-corrected chi connectivity index (χ4v) is 1.71. The van der Waals surface area contributed by atoms with Crippen LogP contribution in [0.2, 0.25) is 0 Å². The van der Waals surface area contributed by atoms with E-state index in [1.807, 2.05) is 13.0 Å². The zero-order chi connectivity index (χ0) is 12.1. The van der Waals surface area contributed by atoms with E-state index >= 15 is 0 Å². The van der Waals surface area contributed by atoms with Gasteiger partial charge in [-0.05, 0) is 18.6 Å². The minimum Gasteiger partial charge on any atom is -0.378 e. The average Bonchev–Trinajstić information content (AvgIpc) is 2.33. The zero-order valence-electron chi connectivity index (χ0n) is 10.7. The number of aryl methyl sites for hydroxylation is 1. The van der Waals surface area contributed by atoms with Gasteiger partial charge in [-0.15, -0.1) is 24.8 Å². The van der Waals surface area contributed by atoms with Gasteiger partial charge in [0.1, 0.15) is 5.82 Å². The number of amides is 1. The lowest BCUT2D eigenvalue weighted by atomic mass is 10.2. The molecular formula is C12H19Cl2N3O2. The maximum atomic E-state index is 11.7. The number of rotatable bonds is 3. The van der Waals surface area contributed by atoms with Gasteiger partial charge in [0.25, 0.3) is 0 Å². The molecule has 1 atom stereocenters. The van der Waals surface area contributed by atoms with E-state index in [4.69, 9.17) is 4.74 Å². The molecule has 0 aromatic carbocycles. The minimum atomic E-state index is -0.0376. The molecule has 5 nitrogen and oxygen atoms in total. The molecule has 0 spiro atoms. The largest absolute Gasteiger partial charge is 0.378 e. The van der Waals surface area contributed by atoms with Crippen molar-refractivity contribution < 1.29 is 9.53 Å². The molecular weight excluding hydrogens is 289 g/mol. The monoisotopic (exact) mass is 307 g/mol. The fourth-order valence-electron chi connectivity index (χ4n) is 1.71. The highest BCUT2D eigenvalue weighted by Gasteiger charge is 2.16. The minimum absolute atomic E-state index is 0. The van der Waals surface area contributed by atoms with E-state index < -0.39 is 0 Å². The van der Waals surface area contributed by atoms with Crippen molar-refractivity contribution in [2.24, 2.45) is 0 Å². The smallest absolute Gasteiger partial charge is 0.227 e. The topological polar surface area (TPSA) is 63.2 Å². The molecule has 1 unspecified atom stereocenters. The van der Waals surface area contributed by atoms with E-state index in [1.54, 1.807) is 12.3 Å². The molecule has 108 valence electrons. The molecule has 2 rings (SSSR count). The summed E-state index contributed by atoms with van der Waals surface area (Å²) in [6.45, 7) is 4.08. The Hall–Kier alpha value is -0.880. The number of hydrogen-bond acceptors (Lipinski definition) is 4. The van der Waals surface area contributed by atoms with Crippen molar-refractivity contribution >= 4 is 36.5 Å². The first-order valence-corrected chi connectivity index (χ1v) is 5.77. The summed E-state index contributed by atoms with van der Waals surface area (Å²) in [5.41, 5.74) is 1.07. The molecule has 1 fully saturated rings. The molecule has 1 aromatic heterocycles. The Morgan fingerprint density at radius 3 is 2.89 bits per heavy atom. The summed E-state index contributed by atoms with van der Waals surface area (Å²) >= 11 is 0. The Balaban J connectivity index is 0.00000162. The quantitative estimate of drug-likeness (QED) is 0.889. The van der Waals surface area contributed by atoms with Gasteiger partial charge in [-0.2, -0.15) is 0 Å². The number of ether oxygens (including phenoxy) is 1. The van der Waals surface area contributed by atoms with Gasteiger partial charge >= 0.3 is 0 Å².